The molecule has 4 heteroatoms. The van der Waals surface area contributed by atoms with Gasteiger partial charge in [-0.15, -0.1) is 0 Å². The number of carbonyl (C=O) groups is 1. The van der Waals surface area contributed by atoms with Crippen LogP contribution < -0.4 is 9.47 Å². The van der Waals surface area contributed by atoms with Crippen LogP contribution in [0.5, 0.6) is 11.5 Å². The molecule has 1 aromatic rings. The molecule has 1 aliphatic carbocycles. The van der Waals surface area contributed by atoms with E-state index in [-0.39, 0.29) is 5.97 Å². The third-order valence-electron chi connectivity index (χ3n) is 3.96. The van der Waals surface area contributed by atoms with E-state index in [9.17, 15) is 4.79 Å². The Morgan fingerprint density at radius 3 is 2.32 bits per heavy atom. The van der Waals surface area contributed by atoms with E-state index in [0.717, 1.165) is 37.0 Å². The zero-order chi connectivity index (χ0) is 13.9. The average Bonchev–Trinajstić information content (AvgIpc) is 2.96. The fourth-order valence-corrected chi connectivity index (χ4v) is 2.95. The highest BCUT2D eigenvalue weighted by Crippen LogP contribution is 2.46. The SMILES string of the molecule is COC(=O)C1(c2cc(OC)ccc2OC)CCCC1. The van der Waals surface area contributed by atoms with Crippen LogP contribution in [0.1, 0.15) is 31.2 Å². The largest absolute Gasteiger partial charge is 0.497 e. The van der Waals surface area contributed by atoms with Crippen LogP contribution in [0, 0.1) is 0 Å². The Morgan fingerprint density at radius 2 is 1.79 bits per heavy atom. The highest BCUT2D eigenvalue weighted by Gasteiger charge is 2.45. The van der Waals surface area contributed by atoms with Gasteiger partial charge in [-0.1, -0.05) is 12.8 Å². The van der Waals surface area contributed by atoms with Gasteiger partial charge in [-0.2, -0.15) is 0 Å². The van der Waals surface area contributed by atoms with Gasteiger partial charge in [0.1, 0.15) is 11.5 Å². The number of rotatable bonds is 4. The van der Waals surface area contributed by atoms with Gasteiger partial charge < -0.3 is 14.2 Å². The molecule has 1 fully saturated rings. The van der Waals surface area contributed by atoms with Gasteiger partial charge in [-0.25, -0.2) is 0 Å². The molecule has 1 aromatic carbocycles. The summed E-state index contributed by atoms with van der Waals surface area (Å²) in [5.74, 6) is 1.26. The van der Waals surface area contributed by atoms with Crippen molar-refractivity contribution in [2.75, 3.05) is 21.3 Å². The van der Waals surface area contributed by atoms with Crippen molar-refractivity contribution in [2.24, 2.45) is 0 Å². The Kier molecular flexibility index (Phi) is 3.98. The third-order valence-corrected chi connectivity index (χ3v) is 3.96. The summed E-state index contributed by atoms with van der Waals surface area (Å²) in [6.45, 7) is 0. The molecule has 0 aliphatic heterocycles. The van der Waals surface area contributed by atoms with E-state index in [1.165, 1.54) is 7.11 Å². The summed E-state index contributed by atoms with van der Waals surface area (Å²) in [4.78, 5) is 12.3. The van der Waals surface area contributed by atoms with Gasteiger partial charge in [0.05, 0.1) is 26.7 Å². The quantitative estimate of drug-likeness (QED) is 0.784. The number of hydrogen-bond donors (Lipinski definition) is 0. The van der Waals surface area contributed by atoms with Crippen molar-refractivity contribution in [3.8, 4) is 11.5 Å². The van der Waals surface area contributed by atoms with Crippen LogP contribution in [0.25, 0.3) is 0 Å². The summed E-state index contributed by atoms with van der Waals surface area (Å²) in [7, 11) is 4.67. The monoisotopic (exact) mass is 264 g/mol. The summed E-state index contributed by atoms with van der Waals surface area (Å²) >= 11 is 0. The summed E-state index contributed by atoms with van der Waals surface area (Å²) < 4.78 is 15.7. The smallest absolute Gasteiger partial charge is 0.316 e. The molecule has 0 N–H and O–H groups in total. The van der Waals surface area contributed by atoms with E-state index in [4.69, 9.17) is 14.2 Å². The molecule has 0 saturated heterocycles. The summed E-state index contributed by atoms with van der Waals surface area (Å²) in [6, 6.07) is 5.57. The van der Waals surface area contributed by atoms with Crippen LogP contribution in [-0.4, -0.2) is 27.3 Å². The fourth-order valence-electron chi connectivity index (χ4n) is 2.95. The number of hydrogen-bond acceptors (Lipinski definition) is 4. The van der Waals surface area contributed by atoms with Crippen LogP contribution in [0.4, 0.5) is 0 Å². The minimum atomic E-state index is -0.589. The number of carbonyl (C=O) groups excluding carboxylic acids is 1. The molecule has 0 amide bonds. The summed E-state index contributed by atoms with van der Waals surface area (Å²) in [6.07, 6.45) is 3.64. The molecular weight excluding hydrogens is 244 g/mol. The van der Waals surface area contributed by atoms with Gasteiger partial charge in [0, 0.05) is 5.56 Å². The van der Waals surface area contributed by atoms with E-state index in [2.05, 4.69) is 0 Å². The Morgan fingerprint density at radius 1 is 1.11 bits per heavy atom. The Labute approximate surface area is 113 Å². The molecule has 2 rings (SSSR count). The van der Waals surface area contributed by atoms with Gasteiger partial charge in [-0.05, 0) is 31.0 Å². The highest BCUT2D eigenvalue weighted by molar-refractivity contribution is 5.84. The summed E-state index contributed by atoms with van der Waals surface area (Å²) in [5.41, 5.74) is 0.285. The van der Waals surface area contributed by atoms with Crippen molar-refractivity contribution in [1.82, 2.24) is 0 Å². The lowest BCUT2D eigenvalue weighted by Gasteiger charge is -2.28. The number of ether oxygens (including phenoxy) is 3. The van der Waals surface area contributed by atoms with Gasteiger partial charge in [0.25, 0.3) is 0 Å². The van der Waals surface area contributed by atoms with E-state index in [0.29, 0.717) is 5.75 Å². The molecule has 0 heterocycles. The molecule has 0 spiro atoms. The molecule has 19 heavy (non-hydrogen) atoms. The zero-order valence-corrected chi connectivity index (χ0v) is 11.7. The predicted octanol–water partition coefficient (Wildman–Crippen LogP) is 2.69. The molecule has 0 radical (unpaired) electrons. The first kappa shape index (κ1) is 13.7. The molecule has 104 valence electrons. The molecule has 0 unspecified atom stereocenters. The van der Waals surface area contributed by atoms with Gasteiger partial charge >= 0.3 is 5.97 Å². The number of methoxy groups -OCH3 is 3. The van der Waals surface area contributed by atoms with Crippen molar-refractivity contribution in [1.29, 1.82) is 0 Å². The minimum absolute atomic E-state index is 0.184. The standard InChI is InChI=1S/C15H20O4/c1-17-11-6-7-13(18-2)12(10-11)15(14(16)19-3)8-4-5-9-15/h6-7,10H,4-5,8-9H2,1-3H3. The molecule has 0 atom stereocenters. The Balaban J connectivity index is 2.55. The van der Waals surface area contributed by atoms with E-state index in [1.807, 2.05) is 18.2 Å². The second-order valence-corrected chi connectivity index (χ2v) is 4.85. The second kappa shape index (κ2) is 5.51. The minimum Gasteiger partial charge on any atom is -0.497 e. The van der Waals surface area contributed by atoms with Crippen LogP contribution in [-0.2, 0) is 14.9 Å². The van der Waals surface area contributed by atoms with Crippen LogP contribution in [0.2, 0.25) is 0 Å². The summed E-state index contributed by atoms with van der Waals surface area (Å²) in [5, 5.41) is 0. The van der Waals surface area contributed by atoms with E-state index >= 15 is 0 Å². The van der Waals surface area contributed by atoms with Gasteiger partial charge in [0.15, 0.2) is 0 Å². The highest BCUT2D eigenvalue weighted by atomic mass is 16.5. The Bertz CT molecular complexity index is 461. The molecule has 1 saturated carbocycles. The van der Waals surface area contributed by atoms with Crippen molar-refractivity contribution in [2.45, 2.75) is 31.1 Å². The van der Waals surface area contributed by atoms with Crippen molar-refractivity contribution >= 4 is 5.97 Å². The first-order chi connectivity index (χ1) is 9.17. The maximum absolute atomic E-state index is 12.3. The number of esters is 1. The second-order valence-electron chi connectivity index (χ2n) is 4.85. The van der Waals surface area contributed by atoms with Gasteiger partial charge in [-0.3, -0.25) is 4.79 Å². The van der Waals surface area contributed by atoms with Crippen molar-refractivity contribution in [3.05, 3.63) is 23.8 Å². The average molecular weight is 264 g/mol. The lowest BCUT2D eigenvalue weighted by atomic mass is 9.78. The maximum atomic E-state index is 12.3. The topological polar surface area (TPSA) is 44.8 Å². The third kappa shape index (κ3) is 2.27. The lowest BCUT2D eigenvalue weighted by molar-refractivity contribution is -0.147. The molecule has 0 aromatic heterocycles. The van der Waals surface area contributed by atoms with Crippen LogP contribution >= 0.6 is 0 Å². The fraction of sp³-hybridized carbons (Fsp3) is 0.533. The molecule has 1 aliphatic rings. The molecule has 4 nitrogen and oxygen atoms in total. The van der Waals surface area contributed by atoms with E-state index in [1.54, 1.807) is 14.2 Å². The van der Waals surface area contributed by atoms with Crippen LogP contribution in [0.3, 0.4) is 0 Å². The zero-order valence-electron chi connectivity index (χ0n) is 11.7. The maximum Gasteiger partial charge on any atom is 0.316 e. The first-order valence-electron chi connectivity index (χ1n) is 6.49. The molecule has 0 bridgehead atoms. The predicted molar refractivity (Wildman–Crippen MR) is 71.7 cm³/mol. The van der Waals surface area contributed by atoms with Gasteiger partial charge in [0.2, 0.25) is 0 Å². The van der Waals surface area contributed by atoms with Crippen molar-refractivity contribution < 1.29 is 19.0 Å². The number of benzene rings is 1. The first-order valence-corrected chi connectivity index (χ1v) is 6.49. The van der Waals surface area contributed by atoms with Crippen molar-refractivity contribution in [3.63, 3.8) is 0 Å². The lowest BCUT2D eigenvalue weighted by Crippen LogP contribution is -2.34. The van der Waals surface area contributed by atoms with E-state index < -0.39 is 5.41 Å². The normalized spacial score (nSPS) is 17.0. The van der Waals surface area contributed by atoms with Crippen LogP contribution in [0.15, 0.2) is 18.2 Å². The molecular formula is C15H20O4. The Hall–Kier alpha value is -1.71.